The van der Waals surface area contributed by atoms with E-state index in [2.05, 4.69) is 23.5 Å². The van der Waals surface area contributed by atoms with E-state index in [0.717, 1.165) is 29.8 Å². The summed E-state index contributed by atoms with van der Waals surface area (Å²) in [5.41, 5.74) is 10.3. The minimum absolute atomic E-state index is 0.290. The summed E-state index contributed by atoms with van der Waals surface area (Å²) in [6.45, 7) is 0. The number of hydrogen-bond donors (Lipinski definition) is 2. The van der Waals surface area contributed by atoms with Gasteiger partial charge >= 0.3 is 0 Å². The molecule has 0 spiro atoms. The molecule has 0 bridgehead atoms. The van der Waals surface area contributed by atoms with Gasteiger partial charge in [0.25, 0.3) is 0 Å². The predicted octanol–water partition coefficient (Wildman–Crippen LogP) is 3.23. The van der Waals surface area contributed by atoms with Crippen molar-refractivity contribution in [1.29, 1.82) is 0 Å². The average molecular weight is 343 g/mol. The molecule has 2 aromatic carbocycles. The highest BCUT2D eigenvalue weighted by Gasteiger charge is 2.29. The van der Waals surface area contributed by atoms with Crippen molar-refractivity contribution < 1.29 is 4.79 Å². The van der Waals surface area contributed by atoms with Crippen molar-refractivity contribution in [3.05, 3.63) is 69.7 Å². The highest BCUT2D eigenvalue weighted by atomic mass is 35.5. The first-order chi connectivity index (χ1) is 11.6. The van der Waals surface area contributed by atoms with Crippen LogP contribution in [-0.4, -0.2) is 19.0 Å². The first-order valence-electron chi connectivity index (χ1n) is 8.38. The van der Waals surface area contributed by atoms with Crippen LogP contribution in [0.5, 0.6) is 0 Å². The van der Waals surface area contributed by atoms with Crippen molar-refractivity contribution in [2.75, 3.05) is 7.05 Å². The molecule has 1 aliphatic rings. The van der Waals surface area contributed by atoms with E-state index in [4.69, 9.17) is 17.3 Å². The maximum Gasteiger partial charge on any atom is 0.221 e. The summed E-state index contributed by atoms with van der Waals surface area (Å²) in [5, 5.41) is 4.24. The first kappa shape index (κ1) is 17.0. The molecule has 2 aromatic rings. The van der Waals surface area contributed by atoms with Crippen molar-refractivity contribution in [2.24, 2.45) is 5.73 Å². The molecule has 3 N–H and O–H groups in total. The third-order valence-electron chi connectivity index (χ3n) is 4.91. The van der Waals surface area contributed by atoms with E-state index >= 15 is 0 Å². The molecule has 2 unspecified atom stereocenters. The van der Waals surface area contributed by atoms with Crippen LogP contribution in [0.15, 0.2) is 42.5 Å². The van der Waals surface area contributed by atoms with Crippen LogP contribution in [0.3, 0.4) is 0 Å². The highest BCUT2D eigenvalue weighted by Crippen LogP contribution is 2.35. The Morgan fingerprint density at radius 1 is 1.25 bits per heavy atom. The molecular weight excluding hydrogens is 320 g/mol. The number of nitrogens with two attached hydrogens (primary N) is 1. The Labute approximate surface area is 148 Å². The molecule has 0 saturated heterocycles. The lowest BCUT2D eigenvalue weighted by Gasteiger charge is -2.34. The number of aryl methyl sites for hydroxylation is 1. The number of likely N-dealkylation sites (N-methyl/N-ethyl adjacent to an activating group) is 1. The van der Waals surface area contributed by atoms with E-state index in [9.17, 15) is 4.79 Å². The van der Waals surface area contributed by atoms with Crippen LogP contribution >= 0.6 is 11.6 Å². The predicted molar refractivity (Wildman–Crippen MR) is 98.4 cm³/mol. The molecule has 0 aliphatic heterocycles. The number of hydrogen-bond acceptors (Lipinski definition) is 2. The molecule has 0 heterocycles. The van der Waals surface area contributed by atoms with Crippen LogP contribution in [0.2, 0.25) is 5.02 Å². The van der Waals surface area contributed by atoms with Gasteiger partial charge in [-0.15, -0.1) is 0 Å². The van der Waals surface area contributed by atoms with Gasteiger partial charge in [-0.05, 0) is 60.7 Å². The Hall–Kier alpha value is -1.84. The van der Waals surface area contributed by atoms with Gasteiger partial charge in [-0.1, -0.05) is 41.9 Å². The first-order valence-corrected chi connectivity index (χ1v) is 8.76. The number of rotatable bonds is 5. The standard InChI is InChI=1S/C20H23ClN2O/c1-23-19-8-7-15-6-5-14(12-20(22)24)10-17(15)18(19)11-13-3-2-4-16(21)9-13/h2-6,9-10,18-19,23H,7-8,11-12H2,1H3,(H2,22,24). The fraction of sp³-hybridized carbons (Fsp3) is 0.350. The number of amides is 1. The van der Waals surface area contributed by atoms with Crippen LogP contribution in [-0.2, 0) is 24.1 Å². The second kappa shape index (κ2) is 7.37. The van der Waals surface area contributed by atoms with Crippen molar-refractivity contribution in [3.63, 3.8) is 0 Å². The lowest BCUT2D eigenvalue weighted by Crippen LogP contribution is -2.37. The Kier molecular flexibility index (Phi) is 5.22. The molecule has 126 valence electrons. The number of carbonyl (C=O) groups excluding carboxylic acids is 1. The zero-order valence-corrected chi connectivity index (χ0v) is 14.6. The Bertz CT molecular complexity index is 744. The third kappa shape index (κ3) is 3.80. The van der Waals surface area contributed by atoms with Gasteiger partial charge in [-0.25, -0.2) is 0 Å². The number of benzene rings is 2. The van der Waals surface area contributed by atoms with Gasteiger partial charge < -0.3 is 11.1 Å². The lowest BCUT2D eigenvalue weighted by atomic mass is 9.75. The molecule has 4 heteroatoms. The highest BCUT2D eigenvalue weighted by molar-refractivity contribution is 6.30. The number of halogens is 1. The van der Waals surface area contributed by atoms with Gasteiger partial charge in [0, 0.05) is 17.0 Å². The molecule has 1 aliphatic carbocycles. The van der Waals surface area contributed by atoms with Crippen molar-refractivity contribution >= 4 is 17.5 Å². The summed E-state index contributed by atoms with van der Waals surface area (Å²) in [6, 6.07) is 14.8. The fourth-order valence-corrected chi connectivity index (χ4v) is 3.99. The summed E-state index contributed by atoms with van der Waals surface area (Å²) < 4.78 is 0. The summed E-state index contributed by atoms with van der Waals surface area (Å²) in [4.78, 5) is 11.3. The van der Waals surface area contributed by atoms with E-state index in [-0.39, 0.29) is 5.91 Å². The van der Waals surface area contributed by atoms with Crippen LogP contribution in [0, 0.1) is 0 Å². The molecule has 0 aromatic heterocycles. The van der Waals surface area contributed by atoms with Crippen LogP contribution in [0.1, 0.15) is 34.6 Å². The van der Waals surface area contributed by atoms with Gasteiger partial charge in [-0.3, -0.25) is 4.79 Å². The SMILES string of the molecule is CNC1CCc2ccc(CC(N)=O)cc2C1Cc1cccc(Cl)c1. The molecule has 0 radical (unpaired) electrons. The van der Waals surface area contributed by atoms with Gasteiger partial charge in [0.2, 0.25) is 5.91 Å². The normalized spacial score (nSPS) is 19.8. The summed E-state index contributed by atoms with van der Waals surface area (Å²) in [5.74, 6) is 0.0763. The van der Waals surface area contributed by atoms with Crippen molar-refractivity contribution in [2.45, 2.75) is 37.6 Å². The minimum Gasteiger partial charge on any atom is -0.369 e. The minimum atomic E-state index is -0.290. The topological polar surface area (TPSA) is 55.1 Å². The van der Waals surface area contributed by atoms with E-state index in [1.54, 1.807) is 0 Å². The fourth-order valence-electron chi connectivity index (χ4n) is 3.77. The van der Waals surface area contributed by atoms with Gasteiger partial charge in [0.15, 0.2) is 0 Å². The van der Waals surface area contributed by atoms with Gasteiger partial charge in [-0.2, -0.15) is 0 Å². The van der Waals surface area contributed by atoms with Crippen LogP contribution in [0.4, 0.5) is 0 Å². The summed E-state index contributed by atoms with van der Waals surface area (Å²) in [6.07, 6.45) is 3.40. The summed E-state index contributed by atoms with van der Waals surface area (Å²) in [7, 11) is 2.02. The maximum absolute atomic E-state index is 11.3. The molecule has 0 saturated carbocycles. The summed E-state index contributed by atoms with van der Waals surface area (Å²) >= 11 is 6.15. The van der Waals surface area contributed by atoms with E-state index in [1.807, 2.05) is 31.3 Å². The molecular formula is C20H23ClN2O. The maximum atomic E-state index is 11.3. The molecule has 0 fully saturated rings. The Morgan fingerprint density at radius 3 is 2.79 bits per heavy atom. The van der Waals surface area contributed by atoms with Crippen LogP contribution in [0.25, 0.3) is 0 Å². The second-order valence-electron chi connectivity index (χ2n) is 6.55. The zero-order valence-electron chi connectivity index (χ0n) is 13.9. The average Bonchev–Trinajstić information content (AvgIpc) is 2.55. The third-order valence-corrected chi connectivity index (χ3v) is 5.15. The number of nitrogens with one attached hydrogen (secondary N) is 1. The van der Waals surface area contributed by atoms with Crippen molar-refractivity contribution in [1.82, 2.24) is 5.32 Å². The Balaban J connectivity index is 1.95. The van der Waals surface area contributed by atoms with Gasteiger partial charge in [0.1, 0.15) is 0 Å². The molecule has 24 heavy (non-hydrogen) atoms. The van der Waals surface area contributed by atoms with Crippen LogP contribution < -0.4 is 11.1 Å². The largest absolute Gasteiger partial charge is 0.369 e. The molecule has 3 nitrogen and oxygen atoms in total. The van der Waals surface area contributed by atoms with E-state index in [1.165, 1.54) is 16.7 Å². The van der Waals surface area contributed by atoms with E-state index < -0.39 is 0 Å². The monoisotopic (exact) mass is 342 g/mol. The number of fused-ring (bicyclic) bond motifs is 1. The lowest BCUT2D eigenvalue weighted by molar-refractivity contribution is -0.117. The van der Waals surface area contributed by atoms with Crippen molar-refractivity contribution in [3.8, 4) is 0 Å². The quantitative estimate of drug-likeness (QED) is 0.876. The Morgan fingerprint density at radius 2 is 2.08 bits per heavy atom. The number of carbonyl (C=O) groups is 1. The molecule has 2 atom stereocenters. The second-order valence-corrected chi connectivity index (χ2v) is 6.99. The number of primary amides is 1. The molecule has 3 rings (SSSR count). The molecule has 1 amide bonds. The zero-order chi connectivity index (χ0) is 17.1. The smallest absolute Gasteiger partial charge is 0.221 e. The van der Waals surface area contributed by atoms with E-state index in [0.29, 0.717) is 18.4 Å². The van der Waals surface area contributed by atoms with Gasteiger partial charge in [0.05, 0.1) is 6.42 Å².